The highest BCUT2D eigenvalue weighted by Crippen LogP contribution is 2.29. The van der Waals surface area contributed by atoms with Gasteiger partial charge < -0.3 is 15.0 Å². The van der Waals surface area contributed by atoms with Gasteiger partial charge in [-0.25, -0.2) is 19.2 Å². The van der Waals surface area contributed by atoms with Crippen LogP contribution in [0.4, 0.5) is 14.9 Å². The van der Waals surface area contributed by atoms with Gasteiger partial charge in [-0.1, -0.05) is 11.6 Å². The first-order valence-corrected chi connectivity index (χ1v) is 8.42. The molecule has 2 aromatic heterocycles. The molecule has 0 spiro atoms. The highest BCUT2D eigenvalue weighted by Gasteiger charge is 2.22. The largest absolute Gasteiger partial charge is 0.479 e. The maximum atomic E-state index is 13.3. The zero-order valence-corrected chi connectivity index (χ0v) is 15.7. The number of ether oxygens (including phenoxy) is 1. The minimum Gasteiger partial charge on any atom is -0.479 e. The molecule has 0 saturated heterocycles. The SMILES string of the molecule is COc1ncc(C(C)N(C)C(=O)Nc2ccc(F)c(Cl)c2)c2nccnc12. The predicted octanol–water partition coefficient (Wildman–Crippen LogP) is 4.05. The number of methoxy groups -OCH3 is 1. The molecule has 0 aliphatic carbocycles. The topological polar surface area (TPSA) is 80.2 Å². The smallest absolute Gasteiger partial charge is 0.322 e. The molecule has 0 saturated carbocycles. The van der Waals surface area contributed by atoms with Crippen LogP contribution in [0.3, 0.4) is 0 Å². The van der Waals surface area contributed by atoms with E-state index in [0.29, 0.717) is 28.2 Å². The molecular weight excluding hydrogens is 373 g/mol. The van der Waals surface area contributed by atoms with Gasteiger partial charge in [-0.3, -0.25) is 4.98 Å². The number of carbonyl (C=O) groups excluding carboxylic acids is 1. The van der Waals surface area contributed by atoms with Crippen molar-refractivity contribution in [2.45, 2.75) is 13.0 Å². The number of urea groups is 1. The number of nitrogens with zero attached hydrogens (tertiary/aromatic N) is 4. The Morgan fingerprint density at radius 3 is 2.63 bits per heavy atom. The van der Waals surface area contributed by atoms with Gasteiger partial charge in [0.15, 0.2) is 5.52 Å². The summed E-state index contributed by atoms with van der Waals surface area (Å²) >= 11 is 5.75. The van der Waals surface area contributed by atoms with Gasteiger partial charge in [0.25, 0.3) is 0 Å². The quantitative estimate of drug-likeness (QED) is 0.728. The number of amides is 2. The number of pyridine rings is 1. The monoisotopic (exact) mass is 389 g/mol. The number of benzene rings is 1. The fourth-order valence-corrected chi connectivity index (χ4v) is 2.76. The zero-order valence-electron chi connectivity index (χ0n) is 14.9. The van der Waals surface area contributed by atoms with Crippen LogP contribution in [0.2, 0.25) is 5.02 Å². The van der Waals surface area contributed by atoms with E-state index in [1.54, 1.807) is 25.6 Å². The number of rotatable bonds is 4. The van der Waals surface area contributed by atoms with E-state index in [-0.39, 0.29) is 11.1 Å². The standard InChI is InChI=1S/C18H17ClFN5O2/c1-10(12-9-23-17(27-3)16-15(12)21-6-7-22-16)25(2)18(26)24-11-4-5-14(20)13(19)8-11/h4-10H,1-3H3,(H,24,26). The maximum absolute atomic E-state index is 13.3. The molecular formula is C18H17ClFN5O2. The van der Waals surface area contributed by atoms with Crippen LogP contribution >= 0.6 is 11.6 Å². The van der Waals surface area contributed by atoms with Crippen LogP contribution in [-0.2, 0) is 0 Å². The molecule has 7 nitrogen and oxygen atoms in total. The van der Waals surface area contributed by atoms with Crippen molar-refractivity contribution in [2.24, 2.45) is 0 Å². The summed E-state index contributed by atoms with van der Waals surface area (Å²) in [7, 11) is 3.14. The van der Waals surface area contributed by atoms with E-state index in [9.17, 15) is 9.18 Å². The summed E-state index contributed by atoms with van der Waals surface area (Å²) in [5.74, 6) is -0.187. The number of nitrogens with one attached hydrogen (secondary N) is 1. The Kier molecular flexibility index (Phi) is 5.36. The summed E-state index contributed by atoms with van der Waals surface area (Å²) in [6, 6.07) is 3.23. The number of fused-ring (bicyclic) bond motifs is 1. The van der Waals surface area contributed by atoms with E-state index < -0.39 is 11.8 Å². The van der Waals surface area contributed by atoms with Crippen LogP contribution in [0.5, 0.6) is 5.88 Å². The van der Waals surface area contributed by atoms with E-state index in [4.69, 9.17) is 16.3 Å². The lowest BCUT2D eigenvalue weighted by atomic mass is 10.1. The van der Waals surface area contributed by atoms with Gasteiger partial charge in [0.05, 0.1) is 18.2 Å². The summed E-state index contributed by atoms with van der Waals surface area (Å²) in [5.41, 5.74) is 2.22. The molecule has 2 heterocycles. The van der Waals surface area contributed by atoms with Gasteiger partial charge >= 0.3 is 6.03 Å². The third-order valence-corrected chi connectivity index (χ3v) is 4.50. The first-order valence-electron chi connectivity index (χ1n) is 8.04. The average Bonchev–Trinajstić information content (AvgIpc) is 2.68. The van der Waals surface area contributed by atoms with Crippen LogP contribution in [0.25, 0.3) is 11.0 Å². The van der Waals surface area contributed by atoms with Gasteiger partial charge in [-0.2, -0.15) is 0 Å². The summed E-state index contributed by atoms with van der Waals surface area (Å²) in [6.45, 7) is 1.84. The molecule has 1 aromatic carbocycles. The van der Waals surface area contributed by atoms with Gasteiger partial charge in [-0.15, -0.1) is 0 Å². The van der Waals surface area contributed by atoms with E-state index in [1.165, 1.54) is 30.2 Å². The molecule has 27 heavy (non-hydrogen) atoms. The molecule has 1 N–H and O–H groups in total. The fraction of sp³-hybridized carbons (Fsp3) is 0.222. The van der Waals surface area contributed by atoms with Crippen molar-refractivity contribution in [1.82, 2.24) is 19.9 Å². The number of hydrogen-bond donors (Lipinski definition) is 1. The molecule has 3 aromatic rings. The lowest BCUT2D eigenvalue weighted by Crippen LogP contribution is -2.33. The average molecular weight is 390 g/mol. The van der Waals surface area contributed by atoms with Crippen LogP contribution in [-0.4, -0.2) is 40.0 Å². The molecule has 0 radical (unpaired) electrons. The first kappa shape index (κ1) is 18.8. The Hall–Kier alpha value is -3.00. The molecule has 0 aliphatic rings. The van der Waals surface area contributed by atoms with E-state index >= 15 is 0 Å². The molecule has 1 unspecified atom stereocenters. The minimum absolute atomic E-state index is 0.0656. The third kappa shape index (κ3) is 3.75. The number of halogens is 2. The highest BCUT2D eigenvalue weighted by molar-refractivity contribution is 6.31. The molecule has 3 rings (SSSR count). The van der Waals surface area contributed by atoms with Gasteiger partial charge in [0, 0.05) is 36.9 Å². The first-order chi connectivity index (χ1) is 12.9. The van der Waals surface area contributed by atoms with Crippen LogP contribution in [0, 0.1) is 5.82 Å². The predicted molar refractivity (Wildman–Crippen MR) is 100 cm³/mol. The van der Waals surface area contributed by atoms with E-state index in [0.717, 1.165) is 0 Å². The Bertz CT molecular complexity index is 1000. The minimum atomic E-state index is -0.550. The number of carbonyl (C=O) groups is 1. The molecule has 1 atom stereocenters. The third-order valence-electron chi connectivity index (χ3n) is 4.21. The molecule has 0 bridgehead atoms. The van der Waals surface area contributed by atoms with E-state index in [2.05, 4.69) is 20.3 Å². The summed E-state index contributed by atoms with van der Waals surface area (Å²) < 4.78 is 18.5. The van der Waals surface area contributed by atoms with Crippen molar-refractivity contribution in [1.29, 1.82) is 0 Å². The Morgan fingerprint density at radius 1 is 1.26 bits per heavy atom. The van der Waals surface area contributed by atoms with Crippen molar-refractivity contribution in [3.05, 3.63) is 53.2 Å². The summed E-state index contributed by atoms with van der Waals surface area (Å²) in [6.07, 6.45) is 4.73. The zero-order chi connectivity index (χ0) is 19.6. The van der Waals surface area contributed by atoms with Gasteiger partial charge in [-0.05, 0) is 25.1 Å². The fourth-order valence-electron chi connectivity index (χ4n) is 2.58. The molecule has 2 amide bonds. The van der Waals surface area contributed by atoms with E-state index in [1.807, 2.05) is 6.92 Å². The van der Waals surface area contributed by atoms with Gasteiger partial charge in [0.2, 0.25) is 5.88 Å². The van der Waals surface area contributed by atoms with Crippen molar-refractivity contribution < 1.29 is 13.9 Å². The second kappa shape index (κ2) is 7.71. The second-order valence-electron chi connectivity index (χ2n) is 5.82. The highest BCUT2D eigenvalue weighted by atomic mass is 35.5. The van der Waals surface area contributed by atoms with Crippen molar-refractivity contribution >= 4 is 34.4 Å². The molecule has 9 heteroatoms. The van der Waals surface area contributed by atoms with Gasteiger partial charge in [0.1, 0.15) is 11.3 Å². The summed E-state index contributed by atoms with van der Waals surface area (Å²) in [4.78, 5) is 26.9. The Morgan fingerprint density at radius 2 is 1.96 bits per heavy atom. The van der Waals surface area contributed by atoms with Crippen LogP contribution in [0.15, 0.2) is 36.8 Å². The van der Waals surface area contributed by atoms with Crippen LogP contribution < -0.4 is 10.1 Å². The van der Waals surface area contributed by atoms with Crippen molar-refractivity contribution in [2.75, 3.05) is 19.5 Å². The number of aromatic nitrogens is 3. The normalized spacial score (nSPS) is 11.9. The van der Waals surface area contributed by atoms with Crippen LogP contribution in [0.1, 0.15) is 18.5 Å². The summed E-state index contributed by atoms with van der Waals surface area (Å²) in [5, 5.41) is 2.62. The van der Waals surface area contributed by atoms with Crippen molar-refractivity contribution in [3.8, 4) is 5.88 Å². The molecule has 140 valence electrons. The lowest BCUT2D eigenvalue weighted by molar-refractivity contribution is 0.208. The maximum Gasteiger partial charge on any atom is 0.322 e. The lowest BCUT2D eigenvalue weighted by Gasteiger charge is -2.26. The molecule has 0 fully saturated rings. The Labute approximate surface area is 160 Å². The Balaban J connectivity index is 1.86. The van der Waals surface area contributed by atoms with Crippen molar-refractivity contribution in [3.63, 3.8) is 0 Å². The second-order valence-corrected chi connectivity index (χ2v) is 6.23. The number of hydrogen-bond acceptors (Lipinski definition) is 5. The number of anilines is 1. The molecule has 0 aliphatic heterocycles.